The van der Waals surface area contributed by atoms with Gasteiger partial charge in [-0.3, -0.25) is 9.88 Å². The highest BCUT2D eigenvalue weighted by molar-refractivity contribution is 6.62. The second-order valence-corrected chi connectivity index (χ2v) is 10.4. The number of benzene rings is 1. The van der Waals surface area contributed by atoms with E-state index in [0.717, 1.165) is 41.5 Å². The normalized spacial score (nSPS) is 21.9. The summed E-state index contributed by atoms with van der Waals surface area (Å²) in [5, 5.41) is 10.8. The number of nitrogens with zero attached hydrogens (tertiary/aromatic N) is 3. The number of hydrogen-bond acceptors (Lipinski definition) is 7. The molecule has 1 aromatic carbocycles. The summed E-state index contributed by atoms with van der Waals surface area (Å²) in [6.07, 6.45) is 4.22. The Morgan fingerprint density at radius 1 is 1.15 bits per heavy atom. The summed E-state index contributed by atoms with van der Waals surface area (Å²) in [6, 6.07) is 9.96. The lowest BCUT2D eigenvalue weighted by Crippen LogP contribution is -2.41. The molecule has 0 saturated carbocycles. The average Bonchev–Trinajstić information content (AvgIpc) is 3.27. The molecule has 5 rings (SSSR count). The second kappa shape index (κ2) is 8.61. The smallest absolute Gasteiger partial charge is 0.437 e. The highest BCUT2D eigenvalue weighted by Crippen LogP contribution is 2.37. The molecule has 0 aliphatic carbocycles. The third kappa shape index (κ3) is 4.31. The van der Waals surface area contributed by atoms with E-state index in [1.807, 2.05) is 37.4 Å². The number of fused-ring (bicyclic) bond motifs is 1. The van der Waals surface area contributed by atoms with Gasteiger partial charge in [0.25, 0.3) is 0 Å². The van der Waals surface area contributed by atoms with Crippen molar-refractivity contribution in [1.29, 1.82) is 0 Å². The van der Waals surface area contributed by atoms with E-state index in [9.17, 15) is 5.11 Å². The maximum Gasteiger partial charge on any atom is 0.495 e. The van der Waals surface area contributed by atoms with Crippen molar-refractivity contribution in [3.05, 3.63) is 53.9 Å². The molecule has 0 radical (unpaired) electrons. The van der Waals surface area contributed by atoms with Crippen LogP contribution >= 0.6 is 0 Å². The van der Waals surface area contributed by atoms with Gasteiger partial charge in [0, 0.05) is 37.4 Å². The molecule has 2 aliphatic rings. The summed E-state index contributed by atoms with van der Waals surface area (Å²) >= 11 is 0. The molecular formula is C26H32BN3O4. The third-order valence-corrected chi connectivity index (χ3v) is 7.32. The first-order valence-corrected chi connectivity index (χ1v) is 11.9. The Labute approximate surface area is 201 Å². The molecule has 2 aliphatic heterocycles. The van der Waals surface area contributed by atoms with Gasteiger partial charge < -0.3 is 19.2 Å². The van der Waals surface area contributed by atoms with E-state index in [1.54, 1.807) is 6.20 Å². The fourth-order valence-corrected chi connectivity index (χ4v) is 4.53. The van der Waals surface area contributed by atoms with Crippen molar-refractivity contribution in [2.75, 3.05) is 13.1 Å². The molecule has 7 nitrogen and oxygen atoms in total. The monoisotopic (exact) mass is 461 g/mol. The fourth-order valence-electron chi connectivity index (χ4n) is 4.53. The van der Waals surface area contributed by atoms with Gasteiger partial charge in [-0.05, 0) is 75.8 Å². The molecule has 34 heavy (non-hydrogen) atoms. The molecule has 0 amide bonds. The number of β-amino-alcohol motifs (C(OH)–C–C–N with tert-alkyl or cyclic N) is 1. The van der Waals surface area contributed by atoms with Crippen molar-refractivity contribution in [1.82, 2.24) is 14.9 Å². The molecule has 0 spiro atoms. The number of aliphatic hydroxyl groups excluding tert-OH is 1. The van der Waals surface area contributed by atoms with E-state index in [1.165, 1.54) is 0 Å². The molecule has 3 aromatic rings. The highest BCUT2D eigenvalue weighted by Gasteiger charge is 2.52. The molecule has 2 aromatic heterocycles. The number of rotatable bonds is 5. The minimum atomic E-state index is -0.459. The van der Waals surface area contributed by atoms with Crippen LogP contribution in [-0.2, 0) is 15.9 Å². The molecule has 1 N–H and O–H groups in total. The number of ether oxygens (including phenoxy) is 1. The van der Waals surface area contributed by atoms with Crippen molar-refractivity contribution in [2.45, 2.75) is 64.9 Å². The number of aromatic nitrogens is 2. The predicted octanol–water partition coefficient (Wildman–Crippen LogP) is 3.60. The zero-order valence-electron chi connectivity index (χ0n) is 20.5. The van der Waals surface area contributed by atoms with Crippen molar-refractivity contribution in [3.63, 3.8) is 0 Å². The van der Waals surface area contributed by atoms with Gasteiger partial charge >= 0.3 is 7.12 Å². The van der Waals surface area contributed by atoms with Gasteiger partial charge in [0.15, 0.2) is 0 Å². The minimum absolute atomic E-state index is 0.228. The molecular weight excluding hydrogens is 429 g/mol. The minimum Gasteiger partial charge on any atom is -0.437 e. The first-order valence-electron chi connectivity index (χ1n) is 11.9. The summed E-state index contributed by atoms with van der Waals surface area (Å²) in [6.45, 7) is 12.6. The Bertz CT molecular complexity index is 1200. The lowest BCUT2D eigenvalue weighted by Gasteiger charge is -2.32. The highest BCUT2D eigenvalue weighted by atomic mass is 16.7. The van der Waals surface area contributed by atoms with Gasteiger partial charge in [-0.2, -0.15) is 0 Å². The van der Waals surface area contributed by atoms with E-state index >= 15 is 0 Å². The zero-order chi connectivity index (χ0) is 24.1. The van der Waals surface area contributed by atoms with E-state index < -0.39 is 18.3 Å². The van der Waals surface area contributed by atoms with Gasteiger partial charge in [0.05, 0.1) is 17.3 Å². The van der Waals surface area contributed by atoms with Crippen LogP contribution in [0.25, 0.3) is 10.9 Å². The maximum atomic E-state index is 9.79. The molecule has 2 fully saturated rings. The van der Waals surface area contributed by atoms with Crippen molar-refractivity contribution in [3.8, 4) is 11.6 Å². The SMILES string of the molecule is Cc1c(Oc2nccc3cc(CN4CC[C@H](O)C4)cnc23)cccc1B1OC(C)(C)C(C)(C)O1. The van der Waals surface area contributed by atoms with Gasteiger partial charge in [-0.1, -0.05) is 12.1 Å². The predicted molar refractivity (Wildman–Crippen MR) is 132 cm³/mol. The van der Waals surface area contributed by atoms with Crippen LogP contribution in [0.4, 0.5) is 0 Å². The van der Waals surface area contributed by atoms with Crippen molar-refractivity contribution < 1.29 is 19.2 Å². The Morgan fingerprint density at radius 2 is 1.91 bits per heavy atom. The summed E-state index contributed by atoms with van der Waals surface area (Å²) in [5.74, 6) is 1.17. The van der Waals surface area contributed by atoms with Crippen LogP contribution in [0.1, 0.15) is 45.2 Å². The van der Waals surface area contributed by atoms with Crippen LogP contribution in [0.2, 0.25) is 0 Å². The van der Waals surface area contributed by atoms with Crippen LogP contribution in [0.3, 0.4) is 0 Å². The lowest BCUT2D eigenvalue weighted by molar-refractivity contribution is 0.00578. The summed E-state index contributed by atoms with van der Waals surface area (Å²) in [5.41, 5.74) is 2.90. The van der Waals surface area contributed by atoms with Gasteiger partial charge in [0.2, 0.25) is 5.88 Å². The summed E-state index contributed by atoms with van der Waals surface area (Å²) in [7, 11) is -0.459. The standard InChI is InChI=1S/C26H32BN3O4/c1-17-21(27-33-25(2,3)26(4,5)34-27)7-6-8-22(17)32-24-23-19(9-11-28-24)13-18(14-29-23)15-30-12-10-20(31)16-30/h6-9,11,13-14,20,31H,10,12,15-16H2,1-5H3/t20-/m0/s1. The molecule has 1 atom stereocenters. The van der Waals surface area contributed by atoms with E-state index in [-0.39, 0.29) is 6.10 Å². The fraction of sp³-hybridized carbons (Fsp3) is 0.462. The largest absolute Gasteiger partial charge is 0.495 e. The molecule has 2 saturated heterocycles. The van der Waals surface area contributed by atoms with E-state index in [0.29, 0.717) is 23.7 Å². The van der Waals surface area contributed by atoms with Crippen LogP contribution < -0.4 is 10.2 Å². The topological polar surface area (TPSA) is 76.9 Å². The quantitative estimate of drug-likeness (QED) is 0.582. The van der Waals surface area contributed by atoms with Gasteiger partial charge in [-0.25, -0.2) is 4.98 Å². The number of hydrogen-bond donors (Lipinski definition) is 1. The Morgan fingerprint density at radius 3 is 2.62 bits per heavy atom. The van der Waals surface area contributed by atoms with E-state index in [2.05, 4.69) is 48.6 Å². The van der Waals surface area contributed by atoms with E-state index in [4.69, 9.17) is 14.0 Å². The van der Waals surface area contributed by atoms with Crippen molar-refractivity contribution in [2.24, 2.45) is 0 Å². The average molecular weight is 461 g/mol. The number of likely N-dealkylation sites (tertiary alicyclic amines) is 1. The molecule has 0 unspecified atom stereocenters. The molecule has 4 heterocycles. The van der Waals surface area contributed by atoms with Gasteiger partial charge in [0.1, 0.15) is 11.3 Å². The molecule has 178 valence electrons. The Kier molecular flexibility index (Phi) is 5.88. The van der Waals surface area contributed by atoms with Crippen molar-refractivity contribution >= 4 is 23.5 Å². The summed E-state index contributed by atoms with van der Waals surface area (Å²) < 4.78 is 18.8. The maximum absolute atomic E-state index is 9.79. The van der Waals surface area contributed by atoms with Crippen LogP contribution in [0, 0.1) is 6.92 Å². The zero-order valence-corrected chi connectivity index (χ0v) is 20.5. The first-order chi connectivity index (χ1) is 16.1. The van der Waals surface area contributed by atoms with Crippen LogP contribution in [0.15, 0.2) is 42.7 Å². The van der Waals surface area contributed by atoms with Gasteiger partial charge in [-0.15, -0.1) is 0 Å². The Balaban J connectivity index is 1.40. The number of pyridine rings is 2. The number of aliphatic hydroxyl groups is 1. The Hall–Kier alpha value is -2.52. The van der Waals surface area contributed by atoms with Crippen LogP contribution in [-0.4, -0.2) is 57.5 Å². The second-order valence-electron chi connectivity index (χ2n) is 10.4. The summed E-state index contributed by atoms with van der Waals surface area (Å²) in [4.78, 5) is 11.4. The van der Waals surface area contributed by atoms with Crippen LogP contribution in [0.5, 0.6) is 11.6 Å². The molecule has 0 bridgehead atoms. The first kappa shape index (κ1) is 23.2. The lowest BCUT2D eigenvalue weighted by atomic mass is 9.76. The third-order valence-electron chi connectivity index (χ3n) is 7.32. The molecule has 8 heteroatoms.